The number of aromatic amines is 1. The summed E-state index contributed by atoms with van der Waals surface area (Å²) < 4.78 is 56.9. The van der Waals surface area contributed by atoms with E-state index in [0.717, 1.165) is 10.8 Å². The van der Waals surface area contributed by atoms with Crippen molar-refractivity contribution in [2.45, 2.75) is 50.5 Å². The Balaban J connectivity index is 0.00000432. The Hall–Kier alpha value is -4.30. The zero-order valence-electron chi connectivity index (χ0n) is 37.2. The minimum absolute atomic E-state index is 0. The van der Waals surface area contributed by atoms with Gasteiger partial charge in [0.05, 0.1) is 24.8 Å². The maximum absolute atomic E-state index is 13.0. The fourth-order valence-corrected chi connectivity index (χ4v) is 9.66. The van der Waals surface area contributed by atoms with Gasteiger partial charge in [0.1, 0.15) is 35.0 Å². The Morgan fingerprint density at radius 1 is 0.900 bits per heavy atom. The molecular weight excluding hydrogens is 974 g/mol. The number of phenolic OH excluding ortho intramolecular Hbond substituents is 1. The number of amides is 2. The number of H-pyrrole nitrogens is 1. The summed E-state index contributed by atoms with van der Waals surface area (Å²) in [5, 5.41) is 36.3. The Morgan fingerprint density at radius 3 is 2.31 bits per heavy atom. The van der Waals surface area contributed by atoms with Crippen molar-refractivity contribution >= 4 is 52.2 Å². The number of phenols is 1. The molecular formula is C39H36Li3N4O21P3. The maximum Gasteiger partial charge on any atom is 1.00 e. The van der Waals surface area contributed by atoms with Crippen LogP contribution in [0, 0.1) is 11.8 Å². The Kier molecular flexibility index (Phi) is 21.8. The second-order valence-corrected chi connectivity index (χ2v) is 18.8. The average molecular weight is 1010 g/mol. The van der Waals surface area contributed by atoms with Crippen molar-refractivity contribution in [3.63, 3.8) is 0 Å². The van der Waals surface area contributed by atoms with Crippen LogP contribution in [0.3, 0.4) is 0 Å². The van der Waals surface area contributed by atoms with E-state index in [0.29, 0.717) is 35.8 Å². The van der Waals surface area contributed by atoms with Gasteiger partial charge in [0.2, 0.25) is 5.91 Å². The first-order valence-corrected chi connectivity index (χ1v) is 23.9. The first-order chi connectivity index (χ1) is 31.5. The summed E-state index contributed by atoms with van der Waals surface area (Å²) in [6, 6.07) is 12.6. The van der Waals surface area contributed by atoms with Crippen molar-refractivity contribution < 1.29 is 142 Å². The molecule has 2 aliphatic heterocycles. The van der Waals surface area contributed by atoms with Crippen molar-refractivity contribution in [2.24, 2.45) is 0 Å². The fourth-order valence-electron chi connectivity index (χ4n) is 6.77. The van der Waals surface area contributed by atoms with Gasteiger partial charge in [0.25, 0.3) is 34.9 Å². The first-order valence-electron chi connectivity index (χ1n) is 19.5. The van der Waals surface area contributed by atoms with E-state index in [9.17, 15) is 72.5 Å². The molecule has 0 bridgehead atoms. The number of unbranched alkanes of at least 4 members (excludes halogenated alkanes) is 2. The van der Waals surface area contributed by atoms with E-state index in [1.807, 2.05) is 4.98 Å². The number of fused-ring (bicyclic) bond motifs is 2. The number of carbonyl (C=O) groups excluding carboxylic acids is 2. The van der Waals surface area contributed by atoms with Crippen molar-refractivity contribution in [2.75, 3.05) is 19.7 Å². The number of phosphoric ester groups is 1. The number of aliphatic hydroxyl groups is 1. The minimum atomic E-state index is -6.18. The number of carbonyl (C=O) groups is 3. The third kappa shape index (κ3) is 16.1. The number of aliphatic hydroxyl groups excluding tert-OH is 1. The summed E-state index contributed by atoms with van der Waals surface area (Å²) >= 11 is 0. The zero-order chi connectivity index (χ0) is 48.8. The number of aromatic nitrogens is 2. The van der Waals surface area contributed by atoms with Crippen LogP contribution >= 0.6 is 23.5 Å². The number of hydrogen-bond donors (Lipinski definition) is 7. The first kappa shape index (κ1) is 60.0. The number of carboxylic acid groups (broad SMARTS) is 1. The summed E-state index contributed by atoms with van der Waals surface area (Å²) in [4.78, 5) is 119. The molecule has 70 heavy (non-hydrogen) atoms. The quantitative estimate of drug-likeness (QED) is 0.0141. The van der Waals surface area contributed by atoms with Crippen LogP contribution in [0.1, 0.15) is 64.6 Å². The van der Waals surface area contributed by atoms with Crippen molar-refractivity contribution in [3.8, 4) is 40.0 Å². The topological polar surface area (TPSA) is 399 Å². The van der Waals surface area contributed by atoms with E-state index >= 15 is 0 Å². The number of carboxylic acids is 1. The van der Waals surface area contributed by atoms with Crippen LogP contribution in [0.25, 0.3) is 33.4 Å². The molecule has 6 atom stereocenters. The molecule has 1 saturated heterocycles. The molecule has 7 N–H and O–H groups in total. The average Bonchev–Trinajstić information content (AvgIpc) is 3.60. The Bertz CT molecular complexity index is 3110. The van der Waals surface area contributed by atoms with Gasteiger partial charge < -0.3 is 59.2 Å². The number of phosphoric acid groups is 3. The van der Waals surface area contributed by atoms with Crippen LogP contribution in [0.2, 0.25) is 0 Å². The normalized spacial score (nSPS) is 17.8. The van der Waals surface area contributed by atoms with Gasteiger partial charge in [-0.3, -0.25) is 42.4 Å². The van der Waals surface area contributed by atoms with Gasteiger partial charge in [-0.25, -0.2) is 18.2 Å². The van der Waals surface area contributed by atoms with Gasteiger partial charge in [-0.1, -0.05) is 24.3 Å². The van der Waals surface area contributed by atoms with Crippen molar-refractivity contribution in [1.82, 2.24) is 20.2 Å². The number of benzene rings is 3. The fraction of sp³-hybridized carbons (Fsp3) is 0.282. The van der Waals surface area contributed by atoms with E-state index in [1.165, 1.54) is 48.5 Å². The number of aromatic carboxylic acids is 1. The molecule has 31 heteroatoms. The smallest absolute Gasteiger partial charge is 0.756 e. The summed E-state index contributed by atoms with van der Waals surface area (Å²) in [6.07, 6.45) is -2.35. The Morgan fingerprint density at radius 2 is 1.61 bits per heavy atom. The minimum Gasteiger partial charge on any atom is -0.756 e. The van der Waals surface area contributed by atoms with E-state index < -0.39 is 77.5 Å². The molecule has 2 amide bonds. The molecule has 6 rings (SSSR count). The largest absolute Gasteiger partial charge is 1.00 e. The molecule has 356 valence electrons. The predicted molar refractivity (Wildman–Crippen MR) is 223 cm³/mol. The second-order valence-electron chi connectivity index (χ2n) is 14.5. The molecule has 25 nitrogen and oxygen atoms in total. The molecule has 3 unspecified atom stereocenters. The third-order valence-electron chi connectivity index (χ3n) is 9.70. The standard InChI is InChI=1S/C39H39N4O21P3.3Li/c44-23-8-11-26-30(16-23)61-31-17-24(45)9-12-27(31)35(26)25-10-7-21(15-28(25)38(50)51)36(48)41-13-3-1-2-6-33(47)40-14-4-5-22-19-43(39(52)42-37(22)49)34-18-29(46)32(62-34)20-60-66(56,57)64-67(58,59)63-65(53,54)55;;;/h7-12,15-17,19,29,32,34,44,46H,1-3,6,13-14,18,20H2,(H,40,47)(H,41,48)(H,50,51)(H,56,57)(H,58,59)(H,42,49,52)(H2,53,54,55);;;/q;3*+1/p-3/t29-,32+,34+;;;/m0.../s1. The van der Waals surface area contributed by atoms with Crippen molar-refractivity contribution in [1.29, 1.82) is 0 Å². The molecule has 3 aromatic rings. The van der Waals surface area contributed by atoms with Gasteiger partial charge in [0.15, 0.2) is 5.43 Å². The van der Waals surface area contributed by atoms with Gasteiger partial charge >= 0.3 is 68.2 Å². The summed E-state index contributed by atoms with van der Waals surface area (Å²) in [5.41, 5.74) is -1.37. The predicted octanol–water partition coefficient (Wildman–Crippen LogP) is -8.62. The van der Waals surface area contributed by atoms with E-state index in [4.69, 9.17) is 14.0 Å². The Labute approximate surface area is 430 Å². The molecule has 0 saturated carbocycles. The number of aromatic hydroxyl groups is 1. The van der Waals surface area contributed by atoms with Crippen LogP contribution in [0.5, 0.6) is 5.75 Å². The van der Waals surface area contributed by atoms with E-state index in [2.05, 4.69) is 35.6 Å². The molecule has 3 aliphatic rings. The van der Waals surface area contributed by atoms with Gasteiger partial charge in [-0.2, -0.15) is 0 Å². The molecule has 1 aromatic heterocycles. The van der Waals surface area contributed by atoms with Crippen LogP contribution in [0.4, 0.5) is 0 Å². The van der Waals surface area contributed by atoms with Gasteiger partial charge in [0, 0.05) is 59.8 Å². The van der Waals surface area contributed by atoms with E-state index in [1.54, 1.807) is 6.07 Å². The SMILES string of the molecule is O=C(CCCCCNC(=O)c1ccc(-c2c3ccc(=O)cc-3oc3cc(O)ccc23)c(C(=O)O)c1)NCC#Cc1cn([C@H]2C[C@H](O)[C@@H](COP(=O)([O-])OP(=O)([O-])OP(=O)([O-])O)O2)c(=O)[nH]c1=O.[Li+].[Li+].[Li+]. The molecule has 1 aliphatic carbocycles. The summed E-state index contributed by atoms with van der Waals surface area (Å²) in [6.45, 7) is -1.13. The molecule has 1 fully saturated rings. The summed E-state index contributed by atoms with van der Waals surface area (Å²) in [7, 11) is -18.0. The molecule has 3 heterocycles. The number of hydrogen-bond acceptors (Lipinski definition) is 19. The van der Waals surface area contributed by atoms with Gasteiger partial charge in [-0.15, -0.1) is 0 Å². The number of rotatable bonds is 18. The molecule has 0 radical (unpaired) electrons. The third-order valence-corrected chi connectivity index (χ3v) is 13.4. The second kappa shape index (κ2) is 25.4. The number of ether oxygens (including phenoxy) is 1. The number of nitrogens with one attached hydrogen (secondary N) is 3. The van der Waals surface area contributed by atoms with Crippen LogP contribution in [0.15, 0.2) is 79.6 Å². The van der Waals surface area contributed by atoms with Gasteiger partial charge in [-0.05, 0) is 54.8 Å². The number of nitrogens with zero attached hydrogens (tertiary/aromatic N) is 1. The molecule has 2 aromatic carbocycles. The van der Waals surface area contributed by atoms with E-state index in [-0.39, 0.29) is 127 Å². The zero-order valence-corrected chi connectivity index (χ0v) is 39.9. The monoisotopic (exact) mass is 1010 g/mol. The summed E-state index contributed by atoms with van der Waals surface area (Å²) in [5.74, 6) is 2.84. The van der Waals surface area contributed by atoms with Crippen molar-refractivity contribution in [3.05, 3.63) is 109 Å². The van der Waals surface area contributed by atoms with Crippen LogP contribution in [-0.4, -0.2) is 79.5 Å². The molecule has 0 spiro atoms. The van der Waals surface area contributed by atoms with Crippen LogP contribution < -0.4 is 98.6 Å². The maximum atomic E-state index is 13.0. The van der Waals surface area contributed by atoms with Crippen LogP contribution in [-0.2, 0) is 36.4 Å².